The van der Waals surface area contributed by atoms with Gasteiger partial charge in [0.25, 0.3) is 5.91 Å². The summed E-state index contributed by atoms with van der Waals surface area (Å²) in [4.78, 5) is 13.6. The third-order valence-electron chi connectivity index (χ3n) is 9.26. The number of aryl methyl sites for hydroxylation is 1. The summed E-state index contributed by atoms with van der Waals surface area (Å²) in [7, 11) is 0. The Morgan fingerprint density at radius 3 is 2.53 bits per heavy atom. The zero-order valence-corrected chi connectivity index (χ0v) is 26.5. The van der Waals surface area contributed by atoms with Gasteiger partial charge in [0.05, 0.1) is 28.8 Å². The summed E-state index contributed by atoms with van der Waals surface area (Å²) in [5.41, 5.74) is 5.34. The fourth-order valence-corrected chi connectivity index (χ4v) is 6.62. The number of benzene rings is 3. The highest BCUT2D eigenvalue weighted by atomic mass is 35.5. The molecule has 0 spiro atoms. The van der Waals surface area contributed by atoms with Crippen LogP contribution >= 0.6 is 11.6 Å². The summed E-state index contributed by atoms with van der Waals surface area (Å²) in [5.74, 6) is 3.54. The number of piperidine rings is 1. The second kappa shape index (κ2) is 14.0. The first kappa shape index (κ1) is 31.1. The quantitative estimate of drug-likeness (QED) is 0.145. The van der Waals surface area contributed by atoms with Gasteiger partial charge < -0.3 is 25.7 Å². The Morgan fingerprint density at radius 1 is 1.04 bits per heavy atom. The van der Waals surface area contributed by atoms with Gasteiger partial charge in [-0.05, 0) is 111 Å². The maximum atomic E-state index is 13.6. The summed E-state index contributed by atoms with van der Waals surface area (Å²) in [6, 6.07) is 27.6. The number of amides is 1. The second-order valence-electron chi connectivity index (χ2n) is 12.5. The van der Waals surface area contributed by atoms with Crippen LogP contribution in [0.25, 0.3) is 11.3 Å². The van der Waals surface area contributed by atoms with E-state index in [9.17, 15) is 10.1 Å². The van der Waals surface area contributed by atoms with Crippen LogP contribution in [0.2, 0.25) is 5.02 Å². The van der Waals surface area contributed by atoms with Gasteiger partial charge in [0, 0.05) is 24.2 Å². The Balaban J connectivity index is 1.10. The van der Waals surface area contributed by atoms with Crippen molar-refractivity contribution < 1.29 is 9.21 Å². The average molecular weight is 622 g/mol. The number of nitriles is 1. The molecule has 4 N–H and O–H groups in total. The molecule has 1 aliphatic heterocycles. The molecule has 2 aliphatic rings. The molecule has 8 heteroatoms. The molecule has 45 heavy (non-hydrogen) atoms. The van der Waals surface area contributed by atoms with E-state index >= 15 is 0 Å². The molecule has 0 bridgehead atoms. The van der Waals surface area contributed by atoms with Crippen LogP contribution in [0.15, 0.2) is 83.3 Å². The van der Waals surface area contributed by atoms with Gasteiger partial charge in [-0.25, -0.2) is 0 Å². The number of carbonyl (C=O) groups excluding carboxylic acids is 1. The topological polar surface area (TPSA) is 102 Å². The van der Waals surface area contributed by atoms with E-state index in [1.54, 1.807) is 12.1 Å². The van der Waals surface area contributed by atoms with Gasteiger partial charge in [-0.2, -0.15) is 5.26 Å². The van der Waals surface area contributed by atoms with Gasteiger partial charge >= 0.3 is 0 Å². The largest absolute Gasteiger partial charge is 0.460 e. The lowest BCUT2D eigenvalue weighted by Crippen LogP contribution is -2.44. The molecule has 2 heterocycles. The first-order chi connectivity index (χ1) is 21.9. The summed E-state index contributed by atoms with van der Waals surface area (Å²) in [5, 5.41) is 23.4. The van der Waals surface area contributed by atoms with Crippen molar-refractivity contribution in [2.24, 2.45) is 17.8 Å². The summed E-state index contributed by atoms with van der Waals surface area (Å²) in [6.45, 7) is 8.61. The first-order valence-corrected chi connectivity index (χ1v) is 16.2. The van der Waals surface area contributed by atoms with Crippen LogP contribution in [0, 0.1) is 36.0 Å². The third-order valence-corrected chi connectivity index (χ3v) is 9.59. The predicted molar refractivity (Wildman–Crippen MR) is 178 cm³/mol. The standard InChI is InChI=1S/C37H40ClN5O2/c1-23-3-9-27(10-4-23)24(2)42-19-30-12-14-36(45-30)28-11-13-35(38)31(16-28)37(44)43-29(15-25-5-7-26(17-39)8-6-25)18-40-20-32-33-21-41-22-34(32)33/h3-14,16,24,29,32-34,40-42H,15,18-22H2,1-2H3,(H,43,44)/t24-,29-,32?,33-,34+/m1/s1. The van der Waals surface area contributed by atoms with Crippen molar-refractivity contribution in [3.8, 4) is 17.4 Å². The van der Waals surface area contributed by atoms with Crippen molar-refractivity contribution in [3.63, 3.8) is 0 Å². The van der Waals surface area contributed by atoms with Crippen molar-refractivity contribution in [1.82, 2.24) is 21.3 Å². The highest BCUT2D eigenvalue weighted by Gasteiger charge is 2.52. The highest BCUT2D eigenvalue weighted by Crippen LogP contribution is 2.48. The van der Waals surface area contributed by atoms with E-state index in [0.717, 1.165) is 48.4 Å². The van der Waals surface area contributed by atoms with E-state index in [1.807, 2.05) is 42.5 Å². The molecule has 1 saturated carbocycles. The Kier molecular flexibility index (Phi) is 9.67. The molecular weight excluding hydrogens is 582 g/mol. The summed E-state index contributed by atoms with van der Waals surface area (Å²) < 4.78 is 6.17. The third kappa shape index (κ3) is 7.66. The van der Waals surface area contributed by atoms with E-state index in [2.05, 4.69) is 65.4 Å². The Morgan fingerprint density at radius 2 is 1.80 bits per heavy atom. The van der Waals surface area contributed by atoms with Crippen molar-refractivity contribution in [1.29, 1.82) is 5.26 Å². The fraction of sp³-hybridized carbons (Fsp3) is 0.351. The molecule has 1 saturated heterocycles. The lowest BCUT2D eigenvalue weighted by molar-refractivity contribution is 0.0936. The molecule has 0 radical (unpaired) electrons. The molecule has 7 nitrogen and oxygen atoms in total. The maximum Gasteiger partial charge on any atom is 0.253 e. The number of furan rings is 1. The normalized spacial score (nSPS) is 19.8. The minimum Gasteiger partial charge on any atom is -0.460 e. The number of halogens is 1. The summed E-state index contributed by atoms with van der Waals surface area (Å²) >= 11 is 6.57. The van der Waals surface area contributed by atoms with Gasteiger partial charge in [-0.3, -0.25) is 4.79 Å². The van der Waals surface area contributed by atoms with Crippen LogP contribution in [0.5, 0.6) is 0 Å². The lowest BCUT2D eigenvalue weighted by Gasteiger charge is -2.21. The minimum atomic E-state index is -0.227. The van der Waals surface area contributed by atoms with Crippen molar-refractivity contribution in [3.05, 3.63) is 117 Å². The maximum absolute atomic E-state index is 13.6. The van der Waals surface area contributed by atoms with Crippen LogP contribution < -0.4 is 21.3 Å². The van der Waals surface area contributed by atoms with E-state index in [0.29, 0.717) is 47.3 Å². The monoisotopic (exact) mass is 621 g/mol. The molecule has 3 aromatic carbocycles. The number of nitrogens with one attached hydrogen (secondary N) is 4. The molecule has 1 amide bonds. The average Bonchev–Trinajstić information content (AvgIpc) is 3.38. The number of carbonyl (C=O) groups is 1. The molecule has 1 aliphatic carbocycles. The smallest absolute Gasteiger partial charge is 0.253 e. The molecule has 232 valence electrons. The Bertz CT molecular complexity index is 1650. The van der Waals surface area contributed by atoms with Crippen molar-refractivity contribution >= 4 is 17.5 Å². The molecule has 6 rings (SSSR count). The fourth-order valence-electron chi connectivity index (χ4n) is 6.42. The molecule has 1 unspecified atom stereocenters. The zero-order chi connectivity index (χ0) is 31.3. The van der Waals surface area contributed by atoms with Gasteiger partial charge in [-0.1, -0.05) is 53.6 Å². The number of hydrogen-bond donors (Lipinski definition) is 4. The van der Waals surface area contributed by atoms with Crippen LogP contribution in [-0.4, -0.2) is 38.1 Å². The van der Waals surface area contributed by atoms with Crippen LogP contribution in [0.3, 0.4) is 0 Å². The number of nitrogens with zero attached hydrogens (tertiary/aromatic N) is 1. The van der Waals surface area contributed by atoms with E-state index in [-0.39, 0.29) is 18.0 Å². The zero-order valence-electron chi connectivity index (χ0n) is 25.8. The molecule has 2 fully saturated rings. The number of fused-ring (bicyclic) bond motifs is 1. The Labute approximate surface area is 270 Å². The van der Waals surface area contributed by atoms with Crippen LogP contribution in [0.1, 0.15) is 51.3 Å². The number of hydrogen-bond acceptors (Lipinski definition) is 6. The first-order valence-electron chi connectivity index (χ1n) is 15.8. The van der Waals surface area contributed by atoms with Gasteiger partial charge in [0.1, 0.15) is 11.5 Å². The molecule has 1 aromatic heterocycles. The molecule has 5 atom stereocenters. The van der Waals surface area contributed by atoms with Gasteiger partial charge in [-0.15, -0.1) is 0 Å². The van der Waals surface area contributed by atoms with Crippen LogP contribution in [-0.2, 0) is 13.0 Å². The van der Waals surface area contributed by atoms with E-state index in [4.69, 9.17) is 16.0 Å². The Hall–Kier alpha value is -3.93. The summed E-state index contributed by atoms with van der Waals surface area (Å²) in [6.07, 6.45) is 0.635. The predicted octanol–water partition coefficient (Wildman–Crippen LogP) is 6.03. The van der Waals surface area contributed by atoms with Crippen molar-refractivity contribution in [2.45, 2.75) is 38.9 Å². The minimum absolute atomic E-state index is 0.154. The lowest BCUT2D eigenvalue weighted by atomic mass is 10.0. The SMILES string of the molecule is Cc1ccc([C@@H](C)NCc2ccc(-c3ccc(Cl)c(C(=O)N[C@@H](CNCC4[C@H]5CNC[C@@H]45)Cc4ccc(C#N)cc4)c3)o2)cc1. The molecular formula is C37H40ClN5O2. The van der Waals surface area contributed by atoms with Gasteiger partial charge in [0.15, 0.2) is 0 Å². The highest BCUT2D eigenvalue weighted by molar-refractivity contribution is 6.34. The molecule has 4 aromatic rings. The van der Waals surface area contributed by atoms with Crippen LogP contribution in [0.4, 0.5) is 0 Å². The van der Waals surface area contributed by atoms with Crippen molar-refractivity contribution in [2.75, 3.05) is 26.2 Å². The van der Waals surface area contributed by atoms with Gasteiger partial charge in [0.2, 0.25) is 0 Å². The second-order valence-corrected chi connectivity index (χ2v) is 12.9. The van der Waals surface area contributed by atoms with E-state index < -0.39 is 0 Å². The number of rotatable bonds is 13. The van der Waals surface area contributed by atoms with E-state index in [1.165, 1.54) is 11.1 Å².